The second kappa shape index (κ2) is 3.95. The van der Waals surface area contributed by atoms with Gasteiger partial charge in [0.15, 0.2) is 0 Å². The Hall–Kier alpha value is -2.16. The van der Waals surface area contributed by atoms with Gasteiger partial charge in [0.25, 0.3) is 0 Å². The first-order valence-electron chi connectivity index (χ1n) is 5.86. The van der Waals surface area contributed by atoms with Gasteiger partial charge >= 0.3 is 0 Å². The quantitative estimate of drug-likeness (QED) is 0.684. The molecule has 90 valence electrons. The van der Waals surface area contributed by atoms with Gasteiger partial charge in [-0.1, -0.05) is 6.07 Å². The van der Waals surface area contributed by atoms with Crippen LogP contribution in [0.3, 0.4) is 0 Å². The van der Waals surface area contributed by atoms with Gasteiger partial charge in [0.2, 0.25) is 0 Å². The number of aryl methyl sites for hydroxylation is 2. The zero-order valence-electron chi connectivity index (χ0n) is 10.3. The molecule has 2 nitrogen and oxygen atoms in total. The van der Waals surface area contributed by atoms with E-state index in [1.165, 1.54) is 6.07 Å². The van der Waals surface area contributed by atoms with Crippen LogP contribution in [0.1, 0.15) is 11.3 Å². The third-order valence-electron chi connectivity index (χ3n) is 3.20. The van der Waals surface area contributed by atoms with Crippen molar-refractivity contribution in [1.29, 1.82) is 0 Å². The van der Waals surface area contributed by atoms with Crippen LogP contribution < -0.4 is 0 Å². The highest BCUT2D eigenvalue weighted by atomic mass is 19.1. The highest BCUT2D eigenvalue weighted by molar-refractivity contribution is 5.95. The Labute approximate surface area is 104 Å². The second-order valence-corrected chi connectivity index (χ2v) is 4.49. The van der Waals surface area contributed by atoms with E-state index in [0.717, 1.165) is 27.9 Å². The molecule has 0 bridgehead atoms. The first kappa shape index (κ1) is 11.0. The van der Waals surface area contributed by atoms with E-state index in [2.05, 4.69) is 9.97 Å². The number of halogens is 1. The number of H-pyrrole nitrogens is 1. The molecule has 0 spiro atoms. The molecule has 3 aromatic rings. The molecule has 0 aliphatic carbocycles. The average Bonchev–Trinajstić information content (AvgIpc) is 2.69. The van der Waals surface area contributed by atoms with E-state index in [9.17, 15) is 4.39 Å². The van der Waals surface area contributed by atoms with Gasteiger partial charge < -0.3 is 4.98 Å². The molecule has 3 heteroatoms. The Morgan fingerprint density at radius 1 is 1.17 bits per heavy atom. The molecule has 0 atom stereocenters. The van der Waals surface area contributed by atoms with Crippen LogP contribution in [-0.4, -0.2) is 9.97 Å². The highest BCUT2D eigenvalue weighted by Crippen LogP contribution is 2.31. The summed E-state index contributed by atoms with van der Waals surface area (Å²) >= 11 is 0. The highest BCUT2D eigenvalue weighted by Gasteiger charge is 2.11. The molecule has 2 heterocycles. The molecule has 0 fully saturated rings. The number of aromatic nitrogens is 2. The van der Waals surface area contributed by atoms with Crippen LogP contribution >= 0.6 is 0 Å². The standard InChI is InChI=1S/C15H13FN2/c1-9-8-11(5-6-13(9)16)14-10(2)18-15-12(14)4-3-7-17-15/h3-8H,1-2H3,(H,17,18). The van der Waals surface area contributed by atoms with Gasteiger partial charge in [0.05, 0.1) is 0 Å². The van der Waals surface area contributed by atoms with Crippen LogP contribution in [0.25, 0.3) is 22.2 Å². The summed E-state index contributed by atoms with van der Waals surface area (Å²) in [7, 11) is 0. The van der Waals surface area contributed by atoms with E-state index in [1.54, 1.807) is 13.1 Å². The lowest BCUT2D eigenvalue weighted by molar-refractivity contribution is 0.619. The molecule has 1 aromatic carbocycles. The minimum absolute atomic E-state index is 0.172. The molecule has 2 aromatic heterocycles. The van der Waals surface area contributed by atoms with Crippen molar-refractivity contribution in [3.8, 4) is 11.1 Å². The lowest BCUT2D eigenvalue weighted by Gasteiger charge is -2.04. The predicted molar refractivity (Wildman–Crippen MR) is 71.0 cm³/mol. The summed E-state index contributed by atoms with van der Waals surface area (Å²) < 4.78 is 13.3. The summed E-state index contributed by atoms with van der Waals surface area (Å²) in [6, 6.07) is 9.14. The zero-order chi connectivity index (χ0) is 12.7. The minimum atomic E-state index is -0.172. The van der Waals surface area contributed by atoms with Crippen LogP contribution in [0, 0.1) is 19.7 Å². The predicted octanol–water partition coefficient (Wildman–Crippen LogP) is 3.99. The molecule has 3 rings (SSSR count). The average molecular weight is 240 g/mol. The van der Waals surface area contributed by atoms with Gasteiger partial charge in [-0.3, -0.25) is 0 Å². The SMILES string of the molecule is Cc1cc(-c2c(C)[nH]c3ncccc23)ccc1F. The van der Waals surface area contributed by atoms with Crippen molar-refractivity contribution in [3.63, 3.8) is 0 Å². The topological polar surface area (TPSA) is 28.7 Å². The minimum Gasteiger partial charge on any atom is -0.343 e. The van der Waals surface area contributed by atoms with Gasteiger partial charge in [0, 0.05) is 22.8 Å². The van der Waals surface area contributed by atoms with Crippen molar-refractivity contribution < 1.29 is 4.39 Å². The number of nitrogens with zero attached hydrogens (tertiary/aromatic N) is 1. The van der Waals surface area contributed by atoms with Gasteiger partial charge in [-0.15, -0.1) is 0 Å². The van der Waals surface area contributed by atoms with E-state index in [0.29, 0.717) is 5.56 Å². The Morgan fingerprint density at radius 2 is 2.00 bits per heavy atom. The molecule has 0 saturated carbocycles. The summed E-state index contributed by atoms with van der Waals surface area (Å²) in [5, 5.41) is 1.07. The molecule has 0 radical (unpaired) electrons. The Kier molecular flexibility index (Phi) is 2.40. The number of fused-ring (bicyclic) bond motifs is 1. The monoisotopic (exact) mass is 240 g/mol. The molecular formula is C15H13FN2. The molecule has 1 N–H and O–H groups in total. The molecule has 0 aliphatic heterocycles. The van der Waals surface area contributed by atoms with Crippen LogP contribution in [0.5, 0.6) is 0 Å². The summed E-state index contributed by atoms with van der Waals surface area (Å²) in [6.07, 6.45) is 1.76. The Bertz CT molecular complexity index is 728. The van der Waals surface area contributed by atoms with Crippen molar-refractivity contribution in [2.24, 2.45) is 0 Å². The third-order valence-corrected chi connectivity index (χ3v) is 3.20. The van der Waals surface area contributed by atoms with Gasteiger partial charge in [-0.05, 0) is 49.2 Å². The first-order valence-corrected chi connectivity index (χ1v) is 5.86. The molecule has 0 amide bonds. The number of nitrogens with one attached hydrogen (secondary N) is 1. The maximum Gasteiger partial charge on any atom is 0.138 e. The van der Waals surface area contributed by atoms with E-state index in [1.807, 2.05) is 31.2 Å². The van der Waals surface area contributed by atoms with E-state index < -0.39 is 0 Å². The number of hydrogen-bond acceptors (Lipinski definition) is 1. The third kappa shape index (κ3) is 1.59. The maximum absolute atomic E-state index is 13.3. The number of benzene rings is 1. The fourth-order valence-corrected chi connectivity index (χ4v) is 2.32. The number of hydrogen-bond donors (Lipinski definition) is 1. The summed E-state index contributed by atoms with van der Waals surface area (Å²) in [6.45, 7) is 3.79. The largest absolute Gasteiger partial charge is 0.343 e. The lowest BCUT2D eigenvalue weighted by Crippen LogP contribution is -1.85. The smallest absolute Gasteiger partial charge is 0.138 e. The molecule has 0 aliphatic rings. The molecule has 0 saturated heterocycles. The fraction of sp³-hybridized carbons (Fsp3) is 0.133. The molecule has 18 heavy (non-hydrogen) atoms. The van der Waals surface area contributed by atoms with E-state index >= 15 is 0 Å². The number of rotatable bonds is 1. The second-order valence-electron chi connectivity index (χ2n) is 4.49. The van der Waals surface area contributed by atoms with E-state index in [4.69, 9.17) is 0 Å². The number of pyridine rings is 1. The van der Waals surface area contributed by atoms with Gasteiger partial charge in [-0.25, -0.2) is 9.37 Å². The van der Waals surface area contributed by atoms with Crippen LogP contribution in [-0.2, 0) is 0 Å². The molecular weight excluding hydrogens is 227 g/mol. The van der Waals surface area contributed by atoms with Gasteiger partial charge in [0.1, 0.15) is 11.5 Å². The maximum atomic E-state index is 13.3. The summed E-state index contributed by atoms with van der Waals surface area (Å²) in [5.74, 6) is -0.172. The summed E-state index contributed by atoms with van der Waals surface area (Å²) in [4.78, 5) is 7.55. The fourth-order valence-electron chi connectivity index (χ4n) is 2.32. The molecule has 0 unspecified atom stereocenters. The normalized spacial score (nSPS) is 11.1. The van der Waals surface area contributed by atoms with Crippen molar-refractivity contribution in [3.05, 3.63) is 53.6 Å². The van der Waals surface area contributed by atoms with Crippen molar-refractivity contribution >= 4 is 11.0 Å². The van der Waals surface area contributed by atoms with Crippen molar-refractivity contribution in [1.82, 2.24) is 9.97 Å². The zero-order valence-corrected chi connectivity index (χ0v) is 10.3. The van der Waals surface area contributed by atoms with Crippen molar-refractivity contribution in [2.75, 3.05) is 0 Å². The van der Waals surface area contributed by atoms with Gasteiger partial charge in [-0.2, -0.15) is 0 Å². The lowest BCUT2D eigenvalue weighted by atomic mass is 10.0. The van der Waals surface area contributed by atoms with E-state index in [-0.39, 0.29) is 5.82 Å². The summed E-state index contributed by atoms with van der Waals surface area (Å²) in [5.41, 5.74) is 4.69. The Balaban J connectivity index is 2.30. The van der Waals surface area contributed by atoms with Crippen LogP contribution in [0.15, 0.2) is 36.5 Å². The Morgan fingerprint density at radius 3 is 2.78 bits per heavy atom. The van der Waals surface area contributed by atoms with Crippen LogP contribution in [0.2, 0.25) is 0 Å². The first-order chi connectivity index (χ1) is 8.66. The van der Waals surface area contributed by atoms with Crippen molar-refractivity contribution in [2.45, 2.75) is 13.8 Å². The number of aromatic amines is 1. The van der Waals surface area contributed by atoms with Crippen LogP contribution in [0.4, 0.5) is 4.39 Å².